The molecule has 1 heterocycles. The topological polar surface area (TPSA) is 46.6 Å². The molecule has 98 valence electrons. The molecule has 2 atom stereocenters. The lowest BCUT2D eigenvalue weighted by molar-refractivity contribution is -0.129. The van der Waals surface area contributed by atoms with Gasteiger partial charge in [0.15, 0.2) is 0 Å². The first-order chi connectivity index (χ1) is 8.31. The van der Waals surface area contributed by atoms with E-state index in [4.69, 9.17) is 4.74 Å². The van der Waals surface area contributed by atoms with Crippen LogP contribution >= 0.6 is 0 Å². The number of ether oxygens (including phenoxy) is 1. The van der Waals surface area contributed by atoms with Crippen molar-refractivity contribution < 1.29 is 14.3 Å². The van der Waals surface area contributed by atoms with Crippen molar-refractivity contribution in [3.63, 3.8) is 0 Å². The lowest BCUT2D eigenvalue weighted by Gasteiger charge is -2.24. The molecular weight excluding hydrogens is 230 g/mol. The predicted octanol–water partition coefficient (Wildman–Crippen LogP) is 2.86. The minimum Gasteiger partial charge on any atom is -0.443 e. The number of hydrogen-bond donors (Lipinski definition) is 0. The van der Waals surface area contributed by atoms with Crippen LogP contribution in [0.3, 0.4) is 0 Å². The number of amides is 2. The molecule has 0 aromatic carbocycles. The van der Waals surface area contributed by atoms with Gasteiger partial charge in [-0.2, -0.15) is 0 Å². The van der Waals surface area contributed by atoms with Gasteiger partial charge < -0.3 is 4.74 Å². The van der Waals surface area contributed by atoms with E-state index in [-0.39, 0.29) is 17.7 Å². The van der Waals surface area contributed by atoms with Crippen molar-refractivity contribution in [2.75, 3.05) is 0 Å². The van der Waals surface area contributed by atoms with Crippen LogP contribution in [0.15, 0.2) is 24.4 Å². The highest BCUT2D eigenvalue weighted by atomic mass is 16.6. The van der Waals surface area contributed by atoms with Crippen LogP contribution in [0.5, 0.6) is 0 Å². The first-order valence-corrected chi connectivity index (χ1v) is 6.22. The van der Waals surface area contributed by atoms with E-state index in [0.29, 0.717) is 12.1 Å². The second-order valence-electron chi connectivity index (χ2n) is 5.80. The van der Waals surface area contributed by atoms with E-state index >= 15 is 0 Å². The molecule has 1 aliphatic carbocycles. The number of fused-ring (bicyclic) bond motifs is 1. The Morgan fingerprint density at radius 3 is 2.39 bits per heavy atom. The largest absolute Gasteiger partial charge is 0.443 e. The van der Waals surface area contributed by atoms with Crippen LogP contribution < -0.4 is 0 Å². The van der Waals surface area contributed by atoms with Crippen molar-refractivity contribution >= 4 is 12.0 Å². The van der Waals surface area contributed by atoms with Gasteiger partial charge in [0, 0.05) is 11.6 Å². The first kappa shape index (κ1) is 12.9. The fraction of sp³-hybridized carbons (Fsp3) is 0.571. The lowest BCUT2D eigenvalue weighted by Crippen LogP contribution is -2.37. The monoisotopic (exact) mass is 249 g/mol. The molecule has 4 heteroatoms. The summed E-state index contributed by atoms with van der Waals surface area (Å²) in [5.74, 6) is -0.270. The zero-order valence-corrected chi connectivity index (χ0v) is 11.1. The van der Waals surface area contributed by atoms with E-state index in [0.717, 1.165) is 11.3 Å². The number of allylic oxidation sites excluding steroid dienone is 3. The van der Waals surface area contributed by atoms with Crippen LogP contribution in [0.1, 0.15) is 33.6 Å². The molecule has 0 saturated carbocycles. The summed E-state index contributed by atoms with van der Waals surface area (Å²) in [7, 11) is 0. The van der Waals surface area contributed by atoms with E-state index in [1.54, 1.807) is 20.8 Å². The summed E-state index contributed by atoms with van der Waals surface area (Å²) >= 11 is 0. The van der Waals surface area contributed by atoms with Crippen LogP contribution in [-0.4, -0.2) is 22.5 Å². The molecular formula is C14H19NO3. The molecule has 2 unspecified atom stereocenters. The number of imide groups is 1. The van der Waals surface area contributed by atoms with Gasteiger partial charge in [-0.25, -0.2) is 9.69 Å². The smallest absolute Gasteiger partial charge is 0.421 e. The van der Waals surface area contributed by atoms with Gasteiger partial charge in [0.1, 0.15) is 5.60 Å². The second-order valence-corrected chi connectivity index (χ2v) is 5.80. The summed E-state index contributed by atoms with van der Waals surface area (Å²) in [5.41, 5.74) is -0.0347. The predicted molar refractivity (Wildman–Crippen MR) is 67.6 cm³/mol. The normalized spacial score (nSPS) is 27.4. The van der Waals surface area contributed by atoms with Gasteiger partial charge in [-0.1, -0.05) is 18.7 Å². The number of likely N-dealkylation sites (tertiary alicyclic amines) is 1. The van der Waals surface area contributed by atoms with Crippen molar-refractivity contribution in [2.24, 2.45) is 11.8 Å². The molecule has 0 radical (unpaired) electrons. The molecule has 0 bridgehead atoms. The molecule has 0 aromatic rings. The van der Waals surface area contributed by atoms with Gasteiger partial charge in [0.2, 0.25) is 5.91 Å². The Labute approximate surface area is 107 Å². The van der Waals surface area contributed by atoms with Crippen LogP contribution in [0.4, 0.5) is 4.79 Å². The van der Waals surface area contributed by atoms with Gasteiger partial charge in [-0.05, 0) is 33.6 Å². The fourth-order valence-electron chi connectivity index (χ4n) is 2.44. The summed E-state index contributed by atoms with van der Waals surface area (Å²) in [5, 5.41) is 0. The highest BCUT2D eigenvalue weighted by molar-refractivity contribution is 5.98. The standard InChI is InChI=1S/C14H19NO3/c1-9-10-7-5-6-8-11(10)12(16)15(9)13(17)18-14(2,3)4/h5-6,10-11H,1,7-8H2,2-4H3. The van der Waals surface area contributed by atoms with Crippen molar-refractivity contribution in [2.45, 2.75) is 39.2 Å². The van der Waals surface area contributed by atoms with Crippen molar-refractivity contribution in [3.05, 3.63) is 24.4 Å². The molecule has 2 amide bonds. The minimum atomic E-state index is -0.607. The highest BCUT2D eigenvalue weighted by Gasteiger charge is 2.47. The van der Waals surface area contributed by atoms with Gasteiger partial charge >= 0.3 is 6.09 Å². The van der Waals surface area contributed by atoms with Gasteiger partial charge in [-0.15, -0.1) is 0 Å². The highest BCUT2D eigenvalue weighted by Crippen LogP contribution is 2.41. The van der Waals surface area contributed by atoms with Crippen molar-refractivity contribution in [1.29, 1.82) is 0 Å². The Bertz CT molecular complexity index is 405. The molecule has 1 fully saturated rings. The Kier molecular flexibility index (Phi) is 3.05. The molecule has 0 aromatic heterocycles. The molecule has 0 spiro atoms. The molecule has 0 N–H and O–H groups in total. The minimum absolute atomic E-state index is 0.0509. The van der Waals surface area contributed by atoms with Crippen LogP contribution in [0, 0.1) is 11.8 Å². The fourth-order valence-corrected chi connectivity index (χ4v) is 2.44. The quantitative estimate of drug-likeness (QED) is 0.620. The number of rotatable bonds is 0. The van der Waals surface area contributed by atoms with Crippen molar-refractivity contribution in [1.82, 2.24) is 4.90 Å². The number of nitrogens with zero attached hydrogens (tertiary/aromatic N) is 1. The van der Waals surface area contributed by atoms with E-state index in [1.165, 1.54) is 0 Å². The molecule has 18 heavy (non-hydrogen) atoms. The number of carbonyl (C=O) groups is 2. The summed E-state index contributed by atoms with van der Waals surface area (Å²) in [4.78, 5) is 25.4. The molecule has 1 saturated heterocycles. The average molecular weight is 249 g/mol. The molecule has 4 nitrogen and oxygen atoms in total. The average Bonchev–Trinajstić information content (AvgIpc) is 2.50. The van der Waals surface area contributed by atoms with E-state index in [1.807, 2.05) is 12.2 Å². The maximum atomic E-state index is 12.2. The van der Waals surface area contributed by atoms with Crippen molar-refractivity contribution in [3.8, 4) is 0 Å². The van der Waals surface area contributed by atoms with E-state index < -0.39 is 11.7 Å². The number of carbonyl (C=O) groups excluding carboxylic acids is 2. The van der Waals surface area contributed by atoms with Crippen LogP contribution in [0.2, 0.25) is 0 Å². The second kappa shape index (κ2) is 4.26. The van der Waals surface area contributed by atoms with Gasteiger partial charge in [-0.3, -0.25) is 4.79 Å². The Balaban J connectivity index is 2.18. The van der Waals surface area contributed by atoms with Gasteiger partial charge in [0.25, 0.3) is 0 Å². The SMILES string of the molecule is C=C1C2CC=CCC2C(=O)N1C(=O)OC(C)(C)C. The zero-order valence-electron chi connectivity index (χ0n) is 11.1. The van der Waals surface area contributed by atoms with Crippen LogP contribution in [0.25, 0.3) is 0 Å². The molecule has 2 rings (SSSR count). The maximum absolute atomic E-state index is 12.2. The maximum Gasteiger partial charge on any atom is 0.421 e. The third-order valence-corrected chi connectivity index (χ3v) is 3.26. The van der Waals surface area contributed by atoms with Gasteiger partial charge in [0.05, 0.1) is 5.92 Å². The Hall–Kier alpha value is -1.58. The first-order valence-electron chi connectivity index (χ1n) is 6.22. The summed E-state index contributed by atoms with van der Waals surface area (Å²) < 4.78 is 5.25. The number of hydrogen-bond acceptors (Lipinski definition) is 3. The zero-order chi connectivity index (χ0) is 13.5. The third kappa shape index (κ3) is 2.19. The molecule has 2 aliphatic rings. The van der Waals surface area contributed by atoms with E-state index in [2.05, 4.69) is 6.58 Å². The Morgan fingerprint density at radius 2 is 1.89 bits per heavy atom. The summed E-state index contributed by atoms with van der Waals surface area (Å²) in [6.07, 6.45) is 4.88. The summed E-state index contributed by atoms with van der Waals surface area (Å²) in [6, 6.07) is 0. The summed E-state index contributed by atoms with van der Waals surface area (Å²) in [6.45, 7) is 9.23. The Morgan fingerprint density at radius 1 is 1.33 bits per heavy atom. The van der Waals surface area contributed by atoms with E-state index in [9.17, 15) is 9.59 Å². The lowest BCUT2D eigenvalue weighted by atomic mass is 9.84. The molecule has 1 aliphatic heterocycles. The third-order valence-electron chi connectivity index (χ3n) is 3.26. The van der Waals surface area contributed by atoms with Crippen LogP contribution in [-0.2, 0) is 9.53 Å².